The first-order valence-electron chi connectivity index (χ1n) is 8.20. The van der Waals surface area contributed by atoms with E-state index in [2.05, 4.69) is 38.8 Å². The fourth-order valence-electron chi connectivity index (χ4n) is 2.13. The number of carbonyl (C=O) groups excluding carboxylic acids is 1. The minimum Gasteiger partial charge on any atom is -0.462 e. The smallest absolute Gasteiger partial charge is 0.341 e. The Morgan fingerprint density at radius 3 is 2.42 bits per heavy atom. The van der Waals surface area contributed by atoms with Crippen molar-refractivity contribution < 1.29 is 28.5 Å². The molecule has 0 unspecified atom stereocenters. The van der Waals surface area contributed by atoms with Crippen molar-refractivity contribution in [2.24, 2.45) is 0 Å². The number of hydrogen-bond donors (Lipinski definition) is 1. The van der Waals surface area contributed by atoms with Crippen LogP contribution in [0.4, 0.5) is 0 Å². The quantitative estimate of drug-likeness (QED) is 0.329. The van der Waals surface area contributed by atoms with Gasteiger partial charge in [0.05, 0.1) is 12.7 Å². The van der Waals surface area contributed by atoms with Gasteiger partial charge in [-0.1, -0.05) is 20.8 Å². The lowest BCUT2D eigenvalue weighted by Gasteiger charge is -2.39. The zero-order valence-corrected chi connectivity index (χ0v) is 16.9. The van der Waals surface area contributed by atoms with E-state index in [0.29, 0.717) is 17.1 Å². The number of ether oxygens (including phenoxy) is 1. The monoisotopic (exact) mass is 358 g/mol. The molecule has 7 heteroatoms. The van der Waals surface area contributed by atoms with Crippen LogP contribution >= 0.6 is 0 Å². The second-order valence-corrected chi connectivity index (χ2v) is 12.2. The third-order valence-electron chi connectivity index (χ3n) is 4.54. The van der Waals surface area contributed by atoms with Crippen LogP contribution in [0.1, 0.15) is 62.6 Å². The van der Waals surface area contributed by atoms with Crippen LogP contribution in [0, 0.1) is 6.92 Å². The third kappa shape index (κ3) is 4.69. The first-order valence-corrected chi connectivity index (χ1v) is 11.1. The summed E-state index contributed by atoms with van der Waals surface area (Å²) in [7, 11) is -2.05. The number of aryl methyl sites for hydroxylation is 1. The number of furan rings is 1. The molecule has 0 aliphatic rings. The molecule has 0 fully saturated rings. The molecule has 24 heavy (non-hydrogen) atoms. The molecule has 1 aromatic rings. The molecule has 1 N–H and O–H groups in total. The second-order valence-electron chi connectivity index (χ2n) is 7.45. The molecule has 0 bridgehead atoms. The van der Waals surface area contributed by atoms with E-state index in [0.717, 1.165) is 0 Å². The Morgan fingerprint density at radius 1 is 1.38 bits per heavy atom. The summed E-state index contributed by atoms with van der Waals surface area (Å²) in [6, 6.07) is 1.54. The van der Waals surface area contributed by atoms with E-state index in [4.69, 9.17) is 13.6 Å². The maximum absolute atomic E-state index is 11.9. The molecule has 138 valence electrons. The van der Waals surface area contributed by atoms with Crippen LogP contribution in [-0.2, 0) is 14.1 Å². The van der Waals surface area contributed by atoms with E-state index in [1.807, 2.05) is 6.92 Å². The van der Waals surface area contributed by atoms with Gasteiger partial charge in [-0.05, 0) is 45.0 Å². The summed E-state index contributed by atoms with van der Waals surface area (Å²) < 4.78 is 16.8. The standard InChI is InChI=1S/C17H30O6Si/c1-9-20-16(18)13-10-14(21-11(13)2)15(22-19)12(3)23-24(7,8)17(4,5)6/h10,12,15,19H,9H2,1-8H3/t12-,15-/m0/s1. The molecule has 0 radical (unpaired) electrons. The largest absolute Gasteiger partial charge is 0.462 e. The molecule has 1 heterocycles. The highest BCUT2D eigenvalue weighted by atomic mass is 28.4. The van der Waals surface area contributed by atoms with Gasteiger partial charge in [0.25, 0.3) is 0 Å². The lowest BCUT2D eigenvalue weighted by atomic mass is 10.1. The topological polar surface area (TPSA) is 78.1 Å². The van der Waals surface area contributed by atoms with Gasteiger partial charge in [0.15, 0.2) is 14.4 Å². The second kappa shape index (κ2) is 7.82. The first-order chi connectivity index (χ1) is 10.9. The van der Waals surface area contributed by atoms with Gasteiger partial charge in [-0.25, -0.2) is 9.68 Å². The summed E-state index contributed by atoms with van der Waals surface area (Å²) in [6.45, 7) is 16.2. The Hall–Kier alpha value is -1.15. The molecular formula is C17H30O6Si. The van der Waals surface area contributed by atoms with Crippen molar-refractivity contribution in [3.8, 4) is 0 Å². The average molecular weight is 359 g/mol. The Balaban J connectivity index is 3.01. The summed E-state index contributed by atoms with van der Waals surface area (Å²) in [4.78, 5) is 16.5. The fourth-order valence-corrected chi connectivity index (χ4v) is 3.54. The van der Waals surface area contributed by atoms with E-state index < -0.39 is 26.5 Å². The van der Waals surface area contributed by atoms with Gasteiger partial charge in [0.2, 0.25) is 0 Å². The lowest BCUT2D eigenvalue weighted by molar-refractivity contribution is -0.301. The Bertz CT molecular complexity index is 558. The van der Waals surface area contributed by atoms with Crippen molar-refractivity contribution in [1.82, 2.24) is 0 Å². The van der Waals surface area contributed by atoms with Crippen LogP contribution in [0.25, 0.3) is 0 Å². The number of hydrogen-bond acceptors (Lipinski definition) is 6. The minimum absolute atomic E-state index is 0.0242. The normalized spacial score (nSPS) is 15.2. The van der Waals surface area contributed by atoms with E-state index in [1.165, 1.54) is 0 Å². The van der Waals surface area contributed by atoms with Crippen LogP contribution in [-0.4, -0.2) is 32.3 Å². The molecule has 0 saturated heterocycles. The third-order valence-corrected chi connectivity index (χ3v) is 9.11. The highest BCUT2D eigenvalue weighted by Gasteiger charge is 2.41. The van der Waals surface area contributed by atoms with Gasteiger partial charge in [-0.2, -0.15) is 0 Å². The summed E-state index contributed by atoms with van der Waals surface area (Å²) >= 11 is 0. The van der Waals surface area contributed by atoms with E-state index in [-0.39, 0.29) is 11.6 Å². The van der Waals surface area contributed by atoms with E-state index in [9.17, 15) is 10.1 Å². The SMILES string of the molecule is CCOC(=O)c1cc([C@@H](OO)[C@H](C)O[Si](C)(C)C(C)(C)C)oc1C. The predicted molar refractivity (Wildman–Crippen MR) is 93.6 cm³/mol. The molecule has 0 aliphatic heterocycles. The Morgan fingerprint density at radius 2 is 1.96 bits per heavy atom. The van der Waals surface area contributed by atoms with Gasteiger partial charge >= 0.3 is 5.97 Å². The molecule has 0 spiro atoms. The molecule has 6 nitrogen and oxygen atoms in total. The molecule has 0 saturated carbocycles. The summed E-state index contributed by atoms with van der Waals surface area (Å²) in [5.74, 6) is 0.300. The zero-order chi connectivity index (χ0) is 18.7. The van der Waals surface area contributed by atoms with Crippen LogP contribution in [0.3, 0.4) is 0 Å². The highest BCUT2D eigenvalue weighted by Crippen LogP contribution is 2.39. The summed E-state index contributed by atoms with van der Waals surface area (Å²) in [6.07, 6.45) is -1.25. The maximum atomic E-state index is 11.9. The minimum atomic E-state index is -2.05. The van der Waals surface area contributed by atoms with Gasteiger partial charge < -0.3 is 13.6 Å². The van der Waals surface area contributed by atoms with Gasteiger partial charge in [0, 0.05) is 0 Å². The molecule has 1 rings (SSSR count). The van der Waals surface area contributed by atoms with Crippen molar-refractivity contribution >= 4 is 14.3 Å². The van der Waals surface area contributed by atoms with Crippen molar-refractivity contribution in [2.45, 2.75) is 71.9 Å². The molecule has 0 aliphatic carbocycles. The van der Waals surface area contributed by atoms with Crippen LogP contribution in [0.2, 0.25) is 18.1 Å². The highest BCUT2D eigenvalue weighted by molar-refractivity contribution is 6.74. The number of carbonyl (C=O) groups is 1. The number of rotatable bonds is 7. The molecular weight excluding hydrogens is 328 g/mol. The van der Waals surface area contributed by atoms with Gasteiger partial charge in [0.1, 0.15) is 17.1 Å². The van der Waals surface area contributed by atoms with Crippen molar-refractivity contribution in [3.63, 3.8) is 0 Å². The summed E-state index contributed by atoms with van der Waals surface area (Å²) in [5, 5.41) is 9.38. The van der Waals surface area contributed by atoms with Crippen molar-refractivity contribution in [1.29, 1.82) is 0 Å². The number of esters is 1. The van der Waals surface area contributed by atoms with Gasteiger partial charge in [-0.15, -0.1) is 0 Å². The predicted octanol–water partition coefficient (Wildman–Crippen LogP) is 4.71. The Kier molecular flexibility index (Phi) is 6.81. The van der Waals surface area contributed by atoms with Crippen molar-refractivity contribution in [2.75, 3.05) is 6.61 Å². The average Bonchev–Trinajstić information content (AvgIpc) is 2.79. The van der Waals surface area contributed by atoms with Crippen LogP contribution < -0.4 is 0 Å². The molecule has 2 atom stereocenters. The maximum Gasteiger partial charge on any atom is 0.341 e. The zero-order valence-electron chi connectivity index (χ0n) is 15.9. The van der Waals surface area contributed by atoms with E-state index in [1.54, 1.807) is 19.9 Å². The van der Waals surface area contributed by atoms with Gasteiger partial charge in [-0.3, -0.25) is 5.26 Å². The fraction of sp³-hybridized carbons (Fsp3) is 0.706. The summed E-state index contributed by atoms with van der Waals surface area (Å²) in [5.41, 5.74) is 0.327. The van der Waals surface area contributed by atoms with Crippen LogP contribution in [0.15, 0.2) is 10.5 Å². The molecule has 0 amide bonds. The molecule has 0 aromatic carbocycles. The first kappa shape index (κ1) is 20.9. The molecule has 1 aromatic heterocycles. The lowest BCUT2D eigenvalue weighted by Crippen LogP contribution is -2.44. The Labute approximate surface area is 145 Å². The van der Waals surface area contributed by atoms with Crippen LogP contribution in [0.5, 0.6) is 0 Å². The van der Waals surface area contributed by atoms with E-state index >= 15 is 0 Å². The van der Waals surface area contributed by atoms with Crippen molar-refractivity contribution in [3.05, 3.63) is 23.2 Å².